The van der Waals surface area contributed by atoms with Crippen LogP contribution in [0.1, 0.15) is 6.92 Å². The molecule has 2 aromatic rings. The molecule has 0 aliphatic rings. The third-order valence-electron chi connectivity index (χ3n) is 2.44. The maximum atomic E-state index is 11.1. The van der Waals surface area contributed by atoms with E-state index in [9.17, 15) is 4.79 Å². The van der Waals surface area contributed by atoms with Gasteiger partial charge in [0.05, 0.1) is 18.4 Å². The summed E-state index contributed by atoms with van der Waals surface area (Å²) in [5.74, 6) is 1.44. The van der Waals surface area contributed by atoms with E-state index in [1.54, 1.807) is 30.3 Å². The van der Waals surface area contributed by atoms with Crippen molar-refractivity contribution in [3.8, 4) is 0 Å². The average Bonchev–Trinajstić information content (AvgIpc) is 2.39. The quantitative estimate of drug-likeness (QED) is 0.878. The van der Waals surface area contributed by atoms with Crippen molar-refractivity contribution in [3.63, 3.8) is 0 Å². The van der Waals surface area contributed by atoms with Crippen molar-refractivity contribution in [2.75, 3.05) is 23.8 Å². The molecule has 98 valence electrons. The molecule has 0 radical (unpaired) electrons. The SMILES string of the molecule is CC(=O)CN(C)c1cc(Nc2cccnc2)ncn1. The Hall–Kier alpha value is -2.50. The van der Waals surface area contributed by atoms with Crippen LogP contribution < -0.4 is 10.2 Å². The predicted octanol–water partition coefficient (Wildman–Crippen LogP) is 1.64. The number of ketones is 1. The van der Waals surface area contributed by atoms with Gasteiger partial charge in [0.15, 0.2) is 0 Å². The van der Waals surface area contributed by atoms with Gasteiger partial charge in [-0.25, -0.2) is 9.97 Å². The number of pyridine rings is 1. The van der Waals surface area contributed by atoms with Gasteiger partial charge in [-0.2, -0.15) is 0 Å². The first kappa shape index (κ1) is 12.9. The van der Waals surface area contributed by atoms with Crippen LogP contribution in [-0.4, -0.2) is 34.3 Å². The van der Waals surface area contributed by atoms with Crippen LogP contribution >= 0.6 is 0 Å². The first-order valence-corrected chi connectivity index (χ1v) is 5.85. The Morgan fingerprint density at radius 1 is 1.42 bits per heavy atom. The van der Waals surface area contributed by atoms with Crippen LogP contribution in [0.3, 0.4) is 0 Å². The second kappa shape index (κ2) is 5.90. The molecule has 0 spiro atoms. The molecule has 0 saturated carbocycles. The summed E-state index contributed by atoms with van der Waals surface area (Å²) in [6, 6.07) is 5.52. The Balaban J connectivity index is 2.13. The van der Waals surface area contributed by atoms with Gasteiger partial charge in [0.2, 0.25) is 0 Å². The minimum absolute atomic E-state index is 0.0860. The van der Waals surface area contributed by atoms with E-state index in [1.807, 2.05) is 19.2 Å². The van der Waals surface area contributed by atoms with E-state index in [0.717, 1.165) is 5.69 Å². The monoisotopic (exact) mass is 257 g/mol. The van der Waals surface area contributed by atoms with Crippen LogP contribution in [0.2, 0.25) is 0 Å². The molecule has 19 heavy (non-hydrogen) atoms. The van der Waals surface area contributed by atoms with Crippen LogP contribution in [0.15, 0.2) is 36.9 Å². The first-order valence-electron chi connectivity index (χ1n) is 5.85. The number of nitrogens with one attached hydrogen (secondary N) is 1. The number of hydrogen-bond acceptors (Lipinski definition) is 6. The first-order chi connectivity index (χ1) is 9.15. The lowest BCUT2D eigenvalue weighted by atomic mass is 10.4. The molecule has 0 aromatic carbocycles. The molecule has 2 heterocycles. The minimum Gasteiger partial charge on any atom is -0.352 e. The summed E-state index contributed by atoms with van der Waals surface area (Å²) in [6.45, 7) is 1.87. The fourth-order valence-electron chi connectivity index (χ4n) is 1.62. The predicted molar refractivity (Wildman–Crippen MR) is 73.5 cm³/mol. The summed E-state index contributed by atoms with van der Waals surface area (Å²) < 4.78 is 0. The maximum absolute atomic E-state index is 11.1. The van der Waals surface area contributed by atoms with E-state index in [1.165, 1.54) is 6.33 Å². The molecule has 1 N–H and O–H groups in total. The van der Waals surface area contributed by atoms with Gasteiger partial charge in [0.25, 0.3) is 0 Å². The summed E-state index contributed by atoms with van der Waals surface area (Å²) in [7, 11) is 1.82. The highest BCUT2D eigenvalue weighted by Gasteiger charge is 2.06. The van der Waals surface area contributed by atoms with Crippen LogP contribution in [0, 0.1) is 0 Å². The van der Waals surface area contributed by atoms with Crippen molar-refractivity contribution < 1.29 is 4.79 Å². The zero-order valence-electron chi connectivity index (χ0n) is 10.9. The largest absolute Gasteiger partial charge is 0.352 e. The molecule has 0 unspecified atom stereocenters. The number of nitrogens with zero attached hydrogens (tertiary/aromatic N) is 4. The van der Waals surface area contributed by atoms with E-state index in [2.05, 4.69) is 20.3 Å². The standard InChI is InChI=1S/C13H15N5O/c1-10(19)8-18(2)13-6-12(15-9-16-13)17-11-4-3-5-14-7-11/h3-7,9H,8H2,1-2H3,(H,15,16,17). The van der Waals surface area contributed by atoms with Gasteiger partial charge in [-0.15, -0.1) is 0 Å². The molecule has 2 aromatic heterocycles. The Bertz CT molecular complexity index is 558. The normalized spacial score (nSPS) is 10.0. The fraction of sp³-hybridized carbons (Fsp3) is 0.231. The van der Waals surface area contributed by atoms with Gasteiger partial charge in [-0.1, -0.05) is 0 Å². The Morgan fingerprint density at radius 3 is 2.95 bits per heavy atom. The van der Waals surface area contributed by atoms with Crippen molar-refractivity contribution in [2.24, 2.45) is 0 Å². The van der Waals surface area contributed by atoms with Crippen LogP contribution in [0.4, 0.5) is 17.3 Å². The lowest BCUT2D eigenvalue weighted by Crippen LogP contribution is -2.24. The van der Waals surface area contributed by atoms with Gasteiger partial charge in [0.1, 0.15) is 23.7 Å². The molecule has 0 atom stereocenters. The molecule has 0 fully saturated rings. The smallest absolute Gasteiger partial charge is 0.149 e. The molecule has 0 saturated heterocycles. The van der Waals surface area contributed by atoms with Crippen molar-refractivity contribution in [2.45, 2.75) is 6.92 Å². The van der Waals surface area contributed by atoms with E-state index >= 15 is 0 Å². The number of carbonyl (C=O) groups excluding carboxylic acids is 1. The number of Topliss-reactive ketones (excluding diaryl/α,β-unsaturated/α-hetero) is 1. The molecular formula is C13H15N5O. The van der Waals surface area contributed by atoms with Gasteiger partial charge in [0, 0.05) is 19.3 Å². The maximum Gasteiger partial charge on any atom is 0.149 e. The van der Waals surface area contributed by atoms with Gasteiger partial charge < -0.3 is 10.2 Å². The van der Waals surface area contributed by atoms with E-state index in [0.29, 0.717) is 18.2 Å². The Morgan fingerprint density at radius 2 is 2.26 bits per heavy atom. The van der Waals surface area contributed by atoms with Crippen LogP contribution in [0.25, 0.3) is 0 Å². The fourth-order valence-corrected chi connectivity index (χ4v) is 1.62. The molecule has 6 nitrogen and oxygen atoms in total. The molecule has 2 rings (SSSR count). The molecular weight excluding hydrogens is 242 g/mol. The van der Waals surface area contributed by atoms with E-state index < -0.39 is 0 Å². The second-order valence-corrected chi connectivity index (χ2v) is 4.19. The van der Waals surface area contributed by atoms with Gasteiger partial charge in [-0.3, -0.25) is 9.78 Å². The number of carbonyl (C=O) groups is 1. The van der Waals surface area contributed by atoms with Gasteiger partial charge in [-0.05, 0) is 19.1 Å². The lowest BCUT2D eigenvalue weighted by molar-refractivity contribution is -0.115. The average molecular weight is 257 g/mol. The number of aromatic nitrogens is 3. The molecule has 0 amide bonds. The summed E-state index contributed by atoms with van der Waals surface area (Å²) in [5.41, 5.74) is 0.848. The van der Waals surface area contributed by atoms with Crippen LogP contribution in [0.5, 0.6) is 0 Å². The highest BCUT2D eigenvalue weighted by molar-refractivity contribution is 5.80. The summed E-state index contributed by atoms with van der Waals surface area (Å²) >= 11 is 0. The third-order valence-corrected chi connectivity index (χ3v) is 2.44. The zero-order chi connectivity index (χ0) is 13.7. The Kier molecular flexibility index (Phi) is 4.02. The highest BCUT2D eigenvalue weighted by atomic mass is 16.1. The van der Waals surface area contributed by atoms with Crippen molar-refractivity contribution in [1.29, 1.82) is 0 Å². The van der Waals surface area contributed by atoms with Gasteiger partial charge >= 0.3 is 0 Å². The molecule has 0 bridgehead atoms. The second-order valence-electron chi connectivity index (χ2n) is 4.19. The summed E-state index contributed by atoms with van der Waals surface area (Å²) in [5, 5.41) is 3.13. The summed E-state index contributed by atoms with van der Waals surface area (Å²) in [4.78, 5) is 25.2. The Labute approximate surface area is 111 Å². The molecule has 0 aliphatic heterocycles. The number of anilines is 3. The number of likely N-dealkylation sites (N-methyl/N-ethyl adjacent to an activating group) is 1. The van der Waals surface area contributed by atoms with E-state index in [4.69, 9.17) is 0 Å². The van der Waals surface area contributed by atoms with Crippen molar-refractivity contribution >= 4 is 23.1 Å². The third kappa shape index (κ3) is 3.74. The van der Waals surface area contributed by atoms with E-state index in [-0.39, 0.29) is 5.78 Å². The minimum atomic E-state index is 0.0860. The topological polar surface area (TPSA) is 71.0 Å². The zero-order valence-corrected chi connectivity index (χ0v) is 10.9. The van der Waals surface area contributed by atoms with Crippen molar-refractivity contribution in [3.05, 3.63) is 36.9 Å². The summed E-state index contributed by atoms with van der Waals surface area (Å²) in [6.07, 6.45) is 4.88. The number of hydrogen-bond donors (Lipinski definition) is 1. The van der Waals surface area contributed by atoms with Crippen molar-refractivity contribution in [1.82, 2.24) is 15.0 Å². The lowest BCUT2D eigenvalue weighted by Gasteiger charge is -2.16. The molecule has 6 heteroatoms. The molecule has 0 aliphatic carbocycles. The number of rotatable bonds is 5. The highest BCUT2D eigenvalue weighted by Crippen LogP contribution is 2.16. The van der Waals surface area contributed by atoms with Crippen LogP contribution in [-0.2, 0) is 4.79 Å².